The molecule has 7 fully saturated rings. The van der Waals surface area contributed by atoms with E-state index in [1.807, 2.05) is 13.8 Å². The van der Waals surface area contributed by atoms with Crippen LogP contribution in [0.1, 0.15) is 116 Å². The molecule has 4 aliphatic carbocycles. The highest BCUT2D eigenvalue weighted by atomic mass is 16.8. The second kappa shape index (κ2) is 20.2. The molecule has 0 spiro atoms. The summed E-state index contributed by atoms with van der Waals surface area (Å²) in [6, 6.07) is 8.61. The largest absolute Gasteiger partial charge is 0.462 e. The van der Waals surface area contributed by atoms with Crippen LogP contribution < -0.4 is 0 Å². The molecule has 0 aromatic heterocycles. The molecule has 4 saturated carbocycles. The van der Waals surface area contributed by atoms with Gasteiger partial charge in [0.05, 0.1) is 53.7 Å². The van der Waals surface area contributed by atoms with Gasteiger partial charge >= 0.3 is 11.9 Å². The summed E-state index contributed by atoms with van der Waals surface area (Å²) < 4.78 is 61.6. The van der Waals surface area contributed by atoms with E-state index < -0.39 is 127 Å². The second-order valence-electron chi connectivity index (χ2n) is 21.3. The molecule has 0 radical (unpaired) electrons. The molecule has 3 aliphatic heterocycles. The van der Waals surface area contributed by atoms with E-state index in [1.54, 1.807) is 51.3 Å². The third-order valence-corrected chi connectivity index (χ3v) is 18.0. The lowest BCUT2D eigenvalue weighted by Gasteiger charge is -2.66. The van der Waals surface area contributed by atoms with E-state index >= 15 is 0 Å². The number of aliphatic hydroxyl groups is 6. The Morgan fingerprint density at radius 2 is 1.40 bits per heavy atom. The first-order valence-corrected chi connectivity index (χ1v) is 24.7. The maximum absolute atomic E-state index is 13.2. The second-order valence-corrected chi connectivity index (χ2v) is 21.3. The summed E-state index contributed by atoms with van der Waals surface area (Å²) in [5.41, 5.74) is -4.24. The Kier molecular flexibility index (Phi) is 15.5. The number of fused-ring (bicyclic) bond motifs is 5. The van der Waals surface area contributed by atoms with Gasteiger partial charge in [0.2, 0.25) is 0 Å². The Morgan fingerprint density at radius 1 is 0.765 bits per heavy atom. The zero-order valence-electron chi connectivity index (χ0n) is 40.7. The van der Waals surface area contributed by atoms with Crippen LogP contribution >= 0.6 is 0 Å². The van der Waals surface area contributed by atoms with Crippen LogP contribution in [0, 0.1) is 28.6 Å². The molecular formula is C50H76O18. The van der Waals surface area contributed by atoms with Gasteiger partial charge in [-0.2, -0.15) is 0 Å². The van der Waals surface area contributed by atoms with Crippen molar-refractivity contribution < 1.29 is 87.6 Å². The third kappa shape index (κ3) is 9.09. The fraction of sp³-hybridized carbons (Fsp3) is 0.840. The van der Waals surface area contributed by atoms with Crippen LogP contribution in [0.5, 0.6) is 0 Å². The number of hydrogen-bond acceptors (Lipinski definition) is 18. The van der Waals surface area contributed by atoms with Crippen LogP contribution in [0.3, 0.4) is 0 Å². The predicted molar refractivity (Wildman–Crippen MR) is 238 cm³/mol. The highest BCUT2D eigenvalue weighted by Crippen LogP contribution is 2.71. The molecule has 18 heteroatoms. The minimum Gasteiger partial charge on any atom is -0.462 e. The van der Waals surface area contributed by atoms with Gasteiger partial charge in [0.1, 0.15) is 54.4 Å². The van der Waals surface area contributed by atoms with E-state index in [0.29, 0.717) is 18.4 Å². The fourth-order valence-corrected chi connectivity index (χ4v) is 14.0. The van der Waals surface area contributed by atoms with Crippen molar-refractivity contribution in [2.75, 3.05) is 20.8 Å². The smallest absolute Gasteiger partial charge is 0.338 e. The Bertz CT molecular complexity index is 1890. The first kappa shape index (κ1) is 51.9. The standard InChI is InChI=1S/C50H76O18/c1-25-43(67-39-23-35(60-8)44(26(2)62-39)68-46-42(55)41(54)40(53)36(24-51)66-46)34(59-7)22-38(61-25)65-31-16-17-47(5)30(20-31)14-15-32-33(47)21-37(64-28(4)52)48(6)49(57,18-19-50(32,48)58)27(3)63-45(56)29-12-10-9-11-13-29/h9-13,25-27,30-44,46,51,53-55,57-58H,14-24H2,1-8H3/t25-,26-,27?,30+,31+,32-,33+,34+,35-,36-,37-,38+,39+,40-,41+,42-,43+,44+,46+,47+,48-,49-,50+/m1/s1. The van der Waals surface area contributed by atoms with Gasteiger partial charge < -0.3 is 78.0 Å². The Morgan fingerprint density at radius 3 is 2.01 bits per heavy atom. The van der Waals surface area contributed by atoms with E-state index in [0.717, 1.165) is 32.1 Å². The van der Waals surface area contributed by atoms with E-state index in [1.165, 1.54) is 14.0 Å². The van der Waals surface area contributed by atoms with Crippen molar-refractivity contribution in [1.82, 2.24) is 0 Å². The summed E-state index contributed by atoms with van der Waals surface area (Å²) >= 11 is 0. The van der Waals surface area contributed by atoms with Crippen LogP contribution in [0.15, 0.2) is 30.3 Å². The number of benzene rings is 1. The van der Waals surface area contributed by atoms with Crippen LogP contribution in [0.25, 0.3) is 0 Å². The number of hydrogen-bond donors (Lipinski definition) is 6. The zero-order valence-corrected chi connectivity index (χ0v) is 40.7. The monoisotopic (exact) mass is 965 g/mol. The predicted octanol–water partition coefficient (Wildman–Crippen LogP) is 2.92. The van der Waals surface area contributed by atoms with Gasteiger partial charge in [0.15, 0.2) is 18.9 Å². The van der Waals surface area contributed by atoms with Crippen molar-refractivity contribution in [2.24, 2.45) is 28.6 Å². The van der Waals surface area contributed by atoms with Crippen molar-refractivity contribution in [3.63, 3.8) is 0 Å². The summed E-state index contributed by atoms with van der Waals surface area (Å²) in [5.74, 6) is -0.996. The van der Waals surface area contributed by atoms with Crippen molar-refractivity contribution in [2.45, 2.75) is 215 Å². The summed E-state index contributed by atoms with van der Waals surface area (Å²) in [6.45, 7) is 10.3. The number of ether oxygens (including phenoxy) is 10. The molecule has 3 heterocycles. The zero-order chi connectivity index (χ0) is 49.1. The maximum Gasteiger partial charge on any atom is 0.338 e. The highest BCUT2D eigenvalue weighted by molar-refractivity contribution is 5.89. The minimum absolute atomic E-state index is 0.00659. The average molecular weight is 965 g/mol. The fourth-order valence-electron chi connectivity index (χ4n) is 14.0. The molecule has 8 rings (SSSR count). The van der Waals surface area contributed by atoms with Crippen molar-refractivity contribution >= 4 is 11.9 Å². The van der Waals surface area contributed by atoms with Crippen molar-refractivity contribution in [3.05, 3.63) is 35.9 Å². The van der Waals surface area contributed by atoms with Gasteiger partial charge in [-0.3, -0.25) is 4.79 Å². The molecule has 1 aromatic rings. The molecule has 384 valence electrons. The molecule has 23 atom stereocenters. The maximum atomic E-state index is 13.2. The minimum atomic E-state index is -1.67. The number of aliphatic hydroxyl groups excluding tert-OH is 4. The normalized spacial score (nSPS) is 48.6. The van der Waals surface area contributed by atoms with Crippen LogP contribution in [0.2, 0.25) is 0 Å². The Balaban J connectivity index is 0.889. The lowest BCUT2D eigenvalue weighted by atomic mass is 9.42. The topological polar surface area (TPSA) is 248 Å². The molecule has 68 heavy (non-hydrogen) atoms. The molecule has 1 unspecified atom stereocenters. The summed E-state index contributed by atoms with van der Waals surface area (Å²) in [7, 11) is 3.15. The van der Waals surface area contributed by atoms with Gasteiger partial charge in [-0.1, -0.05) is 32.0 Å². The van der Waals surface area contributed by atoms with Gasteiger partial charge in [0.25, 0.3) is 0 Å². The van der Waals surface area contributed by atoms with Gasteiger partial charge in [-0.05, 0) is 107 Å². The number of carbonyl (C=O) groups excluding carboxylic acids is 2. The van der Waals surface area contributed by atoms with E-state index in [-0.39, 0.29) is 48.5 Å². The summed E-state index contributed by atoms with van der Waals surface area (Å²) in [5, 5.41) is 66.6. The van der Waals surface area contributed by atoms with Gasteiger partial charge in [-0.25, -0.2) is 4.79 Å². The van der Waals surface area contributed by atoms with Crippen molar-refractivity contribution in [1.29, 1.82) is 0 Å². The summed E-state index contributed by atoms with van der Waals surface area (Å²) in [4.78, 5) is 26.1. The Hall–Kier alpha value is -2.40. The molecule has 6 N–H and O–H groups in total. The average Bonchev–Trinajstić information content (AvgIpc) is 3.54. The van der Waals surface area contributed by atoms with Crippen LogP contribution in [0.4, 0.5) is 0 Å². The molecular weight excluding hydrogens is 889 g/mol. The summed E-state index contributed by atoms with van der Waals surface area (Å²) in [6.07, 6.45) is -8.20. The van der Waals surface area contributed by atoms with E-state index in [2.05, 4.69) is 6.92 Å². The number of methoxy groups -OCH3 is 2. The van der Waals surface area contributed by atoms with E-state index in [9.17, 15) is 40.2 Å². The molecule has 0 amide bonds. The number of carbonyl (C=O) groups is 2. The first-order valence-electron chi connectivity index (χ1n) is 24.7. The van der Waals surface area contributed by atoms with E-state index in [4.69, 9.17) is 47.4 Å². The number of esters is 2. The van der Waals surface area contributed by atoms with Gasteiger partial charge in [0, 0.05) is 34.0 Å². The molecule has 3 saturated heterocycles. The van der Waals surface area contributed by atoms with Crippen LogP contribution in [-0.4, -0.2) is 173 Å². The quantitative estimate of drug-likeness (QED) is 0.123. The lowest BCUT2D eigenvalue weighted by molar-refractivity contribution is -0.353. The SMILES string of the molecule is CO[C@H]1C[C@H](O[C@H]2CC[C@@]3(C)[C@@H](CC[C@@H]4[C@@H]3C[C@@H](OC(C)=O)[C@]3(C)[C@](O)(C(C)OC(=O)c5ccccc5)CC[C@]43O)C2)O[C@H](C)[C@@H]1O[C@H]1C[C@@H](OC)[C@@H](O[C@@H]2O[C@H](CO)[C@@H](O)[C@H](O)[C@H]2O)[C@@H](C)O1. The van der Waals surface area contributed by atoms with Crippen molar-refractivity contribution in [3.8, 4) is 0 Å². The highest BCUT2D eigenvalue weighted by Gasteiger charge is 2.77. The molecule has 18 nitrogen and oxygen atoms in total. The molecule has 7 aliphatic rings. The molecule has 1 aromatic carbocycles. The third-order valence-electron chi connectivity index (χ3n) is 18.0. The first-order chi connectivity index (χ1) is 32.2. The molecule has 0 bridgehead atoms. The van der Waals surface area contributed by atoms with Crippen LogP contribution in [-0.2, 0) is 52.2 Å². The Labute approximate surface area is 399 Å². The van der Waals surface area contributed by atoms with Gasteiger partial charge in [-0.15, -0.1) is 0 Å². The lowest BCUT2D eigenvalue weighted by Crippen LogP contribution is -2.72. The number of rotatable bonds is 13.